The van der Waals surface area contributed by atoms with Gasteiger partial charge in [-0.2, -0.15) is 9.29 Å². The summed E-state index contributed by atoms with van der Waals surface area (Å²) in [6.45, 7) is 4.50. The summed E-state index contributed by atoms with van der Waals surface area (Å²) < 4.78 is 56.9. The number of nitrogens with zero attached hydrogens (tertiary/aromatic N) is 2. The van der Waals surface area contributed by atoms with E-state index in [-0.39, 0.29) is 18.7 Å². The van der Waals surface area contributed by atoms with E-state index < -0.39 is 83.7 Å². The molecule has 1 aromatic heterocycles. The fourth-order valence-corrected chi connectivity index (χ4v) is 10.2. The van der Waals surface area contributed by atoms with Crippen LogP contribution >= 0.6 is 15.6 Å². The molecule has 6 N–H and O–H groups in total. The topological polar surface area (TPSA) is 265 Å². The number of nitrogens with two attached hydrogens (primary N) is 1. The quantitative estimate of drug-likeness (QED) is 0.0176. The molecule has 0 aromatic carbocycles. The summed E-state index contributed by atoms with van der Waals surface area (Å²) in [4.78, 5) is 62.0. The third-order valence-electron chi connectivity index (χ3n) is 12.6. The smallest absolute Gasteiger partial charge is 0.462 e. The Morgan fingerprint density at radius 2 is 1.24 bits per heavy atom. The first-order chi connectivity index (χ1) is 34.1. The third-order valence-corrected chi connectivity index (χ3v) is 15.2. The van der Waals surface area contributed by atoms with E-state index in [2.05, 4.69) is 54.4 Å². The van der Waals surface area contributed by atoms with Crippen molar-refractivity contribution in [3.05, 3.63) is 47.1 Å². The highest BCUT2D eigenvalue weighted by Crippen LogP contribution is 2.60. The molecule has 1 aliphatic heterocycles. The lowest BCUT2D eigenvalue weighted by molar-refractivity contribution is -0.161. The first-order valence-corrected chi connectivity index (χ1v) is 29.8. The number of hydrogen-bond donors (Lipinski definition) is 5. The lowest BCUT2D eigenvalue weighted by Gasteiger charge is -2.21. The molecule has 1 fully saturated rings. The second-order valence-electron chi connectivity index (χ2n) is 19.0. The Kier molecular flexibility index (Phi) is 35.1. The van der Waals surface area contributed by atoms with Gasteiger partial charge in [0.25, 0.3) is 0 Å². The molecule has 0 aliphatic carbocycles. The van der Waals surface area contributed by atoms with Gasteiger partial charge in [-0.05, 0) is 50.5 Å². The maximum Gasteiger partial charge on any atom is 0.481 e. The van der Waals surface area contributed by atoms with Crippen molar-refractivity contribution in [2.45, 2.75) is 238 Å². The molecule has 410 valence electrons. The molecular weight excluding hydrogens is 957 g/mol. The molecule has 8 atom stereocenters. The number of nitrogen functional groups attached to an aromatic ring is 1. The normalized spacial score (nSPS) is 19.8. The van der Waals surface area contributed by atoms with Crippen molar-refractivity contribution in [2.24, 2.45) is 5.92 Å². The molecule has 2 heterocycles. The Morgan fingerprint density at radius 3 is 1.79 bits per heavy atom. The van der Waals surface area contributed by atoms with Gasteiger partial charge in [0.15, 0.2) is 12.3 Å². The zero-order valence-electron chi connectivity index (χ0n) is 43.2. The van der Waals surface area contributed by atoms with Gasteiger partial charge in [0.05, 0.1) is 13.2 Å². The SMILES string of the molecule is CCCCCC/C=C\C=C/CCCCCCCC(=O)OC[C@H](COP(=O)(O)OP(=O)(O)OC[C@H]1O[C@@H](n2ccc(N)nc2=O)C(O)[C@H]1O)OC(=O)CCCCCCCCCCCCCCCCC(C)CC. The first kappa shape index (κ1) is 64.4. The molecule has 0 spiro atoms. The van der Waals surface area contributed by atoms with Gasteiger partial charge < -0.3 is 39.9 Å². The fraction of sp³-hybridized carbons (Fsp3) is 0.804. The molecule has 4 unspecified atom stereocenters. The summed E-state index contributed by atoms with van der Waals surface area (Å²) in [6, 6.07) is 1.25. The van der Waals surface area contributed by atoms with Gasteiger partial charge >= 0.3 is 33.3 Å². The van der Waals surface area contributed by atoms with Crippen molar-refractivity contribution >= 4 is 33.4 Å². The monoisotopic (exact) mass is 1050 g/mol. The van der Waals surface area contributed by atoms with Crippen LogP contribution in [0.4, 0.5) is 5.82 Å². The molecule has 18 nitrogen and oxygen atoms in total. The predicted octanol–water partition coefficient (Wildman–Crippen LogP) is 11.3. The zero-order chi connectivity index (χ0) is 52.2. The Balaban J connectivity index is 1.78. The van der Waals surface area contributed by atoms with Gasteiger partial charge in [0, 0.05) is 19.0 Å². The van der Waals surface area contributed by atoms with Gasteiger partial charge in [-0.25, -0.2) is 13.9 Å². The summed E-state index contributed by atoms with van der Waals surface area (Å²) in [5.41, 5.74) is 4.59. The summed E-state index contributed by atoms with van der Waals surface area (Å²) in [5, 5.41) is 20.9. The number of aromatic nitrogens is 2. The highest BCUT2D eigenvalue weighted by atomic mass is 31.3. The molecule has 20 heteroatoms. The van der Waals surface area contributed by atoms with E-state index in [9.17, 15) is 43.5 Å². The van der Waals surface area contributed by atoms with Crippen molar-refractivity contribution in [3.8, 4) is 0 Å². The summed E-state index contributed by atoms with van der Waals surface area (Å²) >= 11 is 0. The van der Waals surface area contributed by atoms with Gasteiger partial charge in [-0.3, -0.25) is 23.2 Å². The summed E-state index contributed by atoms with van der Waals surface area (Å²) in [6.07, 6.45) is 32.5. The molecule has 1 aliphatic rings. The average molecular weight is 1050 g/mol. The summed E-state index contributed by atoms with van der Waals surface area (Å²) in [5.74, 6) is -0.460. The molecule has 1 saturated heterocycles. The van der Waals surface area contributed by atoms with Crippen LogP contribution in [0.25, 0.3) is 0 Å². The number of allylic oxidation sites excluding steroid dienone is 4. The van der Waals surface area contributed by atoms with Crippen LogP contribution in [0.5, 0.6) is 0 Å². The highest BCUT2D eigenvalue weighted by Gasteiger charge is 2.46. The van der Waals surface area contributed by atoms with Crippen LogP contribution in [0, 0.1) is 5.92 Å². The number of hydrogen-bond acceptors (Lipinski definition) is 15. The Morgan fingerprint density at radius 1 is 0.732 bits per heavy atom. The van der Waals surface area contributed by atoms with Crippen LogP contribution in [-0.2, 0) is 46.3 Å². The second kappa shape index (κ2) is 38.8. The number of phosphoric acid groups is 2. The number of esters is 2. The predicted molar refractivity (Wildman–Crippen MR) is 275 cm³/mol. The van der Waals surface area contributed by atoms with Crippen LogP contribution in [-0.4, -0.2) is 85.7 Å². The number of carbonyl (C=O) groups is 2. The molecule has 0 radical (unpaired) electrons. The van der Waals surface area contributed by atoms with E-state index in [4.69, 9.17) is 29.0 Å². The van der Waals surface area contributed by atoms with Crippen molar-refractivity contribution in [3.63, 3.8) is 0 Å². The van der Waals surface area contributed by atoms with Crippen molar-refractivity contribution in [2.75, 3.05) is 25.6 Å². The number of rotatable bonds is 44. The Labute approximate surface area is 424 Å². The van der Waals surface area contributed by atoms with Gasteiger partial charge in [0.1, 0.15) is 30.7 Å². The fourth-order valence-electron chi connectivity index (χ4n) is 8.05. The van der Waals surface area contributed by atoms with Crippen LogP contribution in [0.2, 0.25) is 0 Å². The molecule has 2 rings (SSSR count). The molecule has 0 amide bonds. The van der Waals surface area contributed by atoms with Crippen molar-refractivity contribution in [1.29, 1.82) is 0 Å². The zero-order valence-corrected chi connectivity index (χ0v) is 45.0. The number of aliphatic hydroxyl groups excluding tert-OH is 2. The lowest BCUT2D eigenvalue weighted by atomic mass is 9.99. The minimum atomic E-state index is -5.43. The van der Waals surface area contributed by atoms with E-state index in [1.54, 1.807) is 0 Å². The third kappa shape index (κ3) is 31.6. The number of ether oxygens (including phenoxy) is 3. The highest BCUT2D eigenvalue weighted by molar-refractivity contribution is 7.61. The van der Waals surface area contributed by atoms with E-state index in [0.717, 1.165) is 74.7 Å². The molecular formula is C51H91N3O15P2. The van der Waals surface area contributed by atoms with E-state index in [0.29, 0.717) is 12.8 Å². The van der Waals surface area contributed by atoms with E-state index in [1.807, 2.05) is 0 Å². The summed E-state index contributed by atoms with van der Waals surface area (Å²) in [7, 11) is -10.8. The molecule has 71 heavy (non-hydrogen) atoms. The first-order valence-electron chi connectivity index (χ1n) is 26.8. The molecule has 0 bridgehead atoms. The van der Waals surface area contributed by atoms with Crippen LogP contribution in [0.1, 0.15) is 213 Å². The number of phosphoric ester groups is 2. The maximum atomic E-state index is 12.9. The molecule has 0 saturated carbocycles. The standard InChI is InChI=1S/C51H91N3O15P2/c1-4-6-7-8-9-10-11-12-13-17-20-23-26-29-32-35-46(55)64-39-43(67-47(56)36-33-30-27-24-21-18-15-14-16-19-22-25-28-31-34-42(3)5-2)40-65-70(60,61)69-71(62,63)66-41-44-48(57)49(58)50(68-44)54-38-37-45(52)53-51(54)59/h10-13,37-38,42-44,48-50,57-58H,4-9,14-36,39-41H2,1-3H3,(H,60,61)(H,62,63)(H2,52,53,59)/b11-10-,13-12-/t42?,43-,44-,48+,49?,50-/m1/s1. The number of aliphatic hydroxyl groups is 2. The number of anilines is 1. The van der Waals surface area contributed by atoms with Gasteiger partial charge in [-0.1, -0.05) is 180 Å². The molecule has 1 aromatic rings. The van der Waals surface area contributed by atoms with Crippen LogP contribution < -0.4 is 11.4 Å². The Bertz CT molecular complexity index is 1800. The Hall–Kier alpha value is -2.76. The average Bonchev–Trinajstić information content (AvgIpc) is 3.61. The van der Waals surface area contributed by atoms with Crippen molar-refractivity contribution in [1.82, 2.24) is 9.55 Å². The minimum Gasteiger partial charge on any atom is -0.462 e. The maximum absolute atomic E-state index is 12.9. The van der Waals surface area contributed by atoms with Gasteiger partial charge in [-0.15, -0.1) is 0 Å². The minimum absolute atomic E-state index is 0.0504. The van der Waals surface area contributed by atoms with E-state index in [1.165, 1.54) is 109 Å². The lowest BCUT2D eigenvalue weighted by Crippen LogP contribution is -2.36. The van der Waals surface area contributed by atoms with Crippen molar-refractivity contribution < 1.29 is 66.3 Å². The number of unbranched alkanes of at least 4 members (excludes halogenated alkanes) is 22. The second-order valence-corrected chi connectivity index (χ2v) is 22.1. The van der Waals surface area contributed by atoms with Crippen LogP contribution in [0.15, 0.2) is 41.4 Å². The van der Waals surface area contributed by atoms with E-state index >= 15 is 0 Å². The largest absolute Gasteiger partial charge is 0.481 e. The van der Waals surface area contributed by atoms with Gasteiger partial charge in [0.2, 0.25) is 0 Å². The number of carbonyl (C=O) groups excluding carboxylic acids is 2. The van der Waals surface area contributed by atoms with Crippen LogP contribution in [0.3, 0.4) is 0 Å².